The van der Waals surface area contributed by atoms with Gasteiger partial charge in [-0.05, 0) is 38.1 Å². The number of rotatable bonds is 7. The Morgan fingerprint density at radius 3 is 2.87 bits per heavy atom. The van der Waals surface area contributed by atoms with E-state index in [0.29, 0.717) is 11.3 Å². The van der Waals surface area contributed by atoms with E-state index in [1.165, 1.54) is 7.11 Å². The molecule has 0 radical (unpaired) electrons. The van der Waals surface area contributed by atoms with Crippen LogP contribution in [-0.2, 0) is 4.79 Å². The average molecular weight is 383 g/mol. The van der Waals surface area contributed by atoms with Crippen molar-refractivity contribution >= 4 is 27.6 Å². The van der Waals surface area contributed by atoms with Gasteiger partial charge in [0.15, 0.2) is 5.78 Å². The molecule has 6 heteroatoms. The standard InChI is InChI=1S/C17H23BrN2O3/c1-19-11-13-4-3-9-20(13)17(22)8-6-15(21)14-10-12(18)5-7-16(14)23-2/h5,7,10,13,19H,3-4,6,8-9,11H2,1-2H3. The third-order valence-corrected chi connectivity index (χ3v) is 4.66. The van der Waals surface area contributed by atoms with E-state index in [9.17, 15) is 9.59 Å². The van der Waals surface area contributed by atoms with Crippen molar-refractivity contribution in [3.63, 3.8) is 0 Å². The number of likely N-dealkylation sites (N-methyl/N-ethyl adjacent to an activating group) is 1. The topological polar surface area (TPSA) is 58.6 Å². The quantitative estimate of drug-likeness (QED) is 0.736. The van der Waals surface area contributed by atoms with Crippen molar-refractivity contribution in [2.45, 2.75) is 31.7 Å². The highest BCUT2D eigenvalue weighted by atomic mass is 79.9. The number of carbonyl (C=O) groups is 2. The summed E-state index contributed by atoms with van der Waals surface area (Å²) < 4.78 is 6.05. The smallest absolute Gasteiger partial charge is 0.223 e. The van der Waals surface area contributed by atoms with Crippen molar-refractivity contribution in [1.29, 1.82) is 0 Å². The Hall–Kier alpha value is -1.40. The Kier molecular flexibility index (Phi) is 6.59. The zero-order valence-electron chi connectivity index (χ0n) is 13.6. The second-order valence-corrected chi connectivity index (χ2v) is 6.62. The monoisotopic (exact) mass is 382 g/mol. The Balaban J connectivity index is 1.96. The van der Waals surface area contributed by atoms with Gasteiger partial charge in [-0.3, -0.25) is 9.59 Å². The van der Waals surface area contributed by atoms with Gasteiger partial charge in [0.05, 0.1) is 12.7 Å². The van der Waals surface area contributed by atoms with Gasteiger partial charge < -0.3 is 15.0 Å². The van der Waals surface area contributed by atoms with Gasteiger partial charge in [-0.25, -0.2) is 0 Å². The molecule has 23 heavy (non-hydrogen) atoms. The number of hydrogen-bond donors (Lipinski definition) is 1. The first kappa shape index (κ1) is 17.9. The minimum Gasteiger partial charge on any atom is -0.496 e. The highest BCUT2D eigenvalue weighted by molar-refractivity contribution is 9.10. The van der Waals surface area contributed by atoms with E-state index in [4.69, 9.17) is 4.74 Å². The first-order valence-corrected chi connectivity index (χ1v) is 8.67. The SMILES string of the molecule is CNCC1CCCN1C(=O)CCC(=O)c1cc(Br)ccc1OC. The minimum absolute atomic E-state index is 0.0602. The van der Waals surface area contributed by atoms with Gasteiger partial charge in [0.1, 0.15) is 5.75 Å². The summed E-state index contributed by atoms with van der Waals surface area (Å²) in [6, 6.07) is 5.57. The molecule has 0 aliphatic carbocycles. The first-order valence-electron chi connectivity index (χ1n) is 7.87. The number of hydrogen-bond acceptors (Lipinski definition) is 4. The summed E-state index contributed by atoms with van der Waals surface area (Å²) >= 11 is 3.36. The van der Waals surface area contributed by atoms with Gasteiger partial charge in [0, 0.05) is 36.4 Å². The lowest BCUT2D eigenvalue weighted by atomic mass is 10.0. The number of benzene rings is 1. The van der Waals surface area contributed by atoms with E-state index in [-0.39, 0.29) is 30.6 Å². The number of methoxy groups -OCH3 is 1. The molecule has 1 atom stereocenters. The van der Waals surface area contributed by atoms with Crippen LogP contribution in [0, 0.1) is 0 Å². The Morgan fingerprint density at radius 2 is 2.17 bits per heavy atom. The number of nitrogens with one attached hydrogen (secondary N) is 1. The number of amides is 1. The number of carbonyl (C=O) groups excluding carboxylic acids is 2. The van der Waals surface area contributed by atoms with Crippen LogP contribution in [0.4, 0.5) is 0 Å². The Bertz CT molecular complexity index is 577. The van der Waals surface area contributed by atoms with Crippen LogP contribution in [0.15, 0.2) is 22.7 Å². The Labute approximate surface area is 145 Å². The second kappa shape index (κ2) is 8.45. The van der Waals surface area contributed by atoms with E-state index >= 15 is 0 Å². The molecule has 1 N–H and O–H groups in total. The van der Waals surface area contributed by atoms with Crippen LogP contribution in [0.1, 0.15) is 36.0 Å². The maximum absolute atomic E-state index is 12.4. The number of ether oxygens (including phenoxy) is 1. The minimum atomic E-state index is -0.0686. The summed E-state index contributed by atoms with van der Waals surface area (Å²) in [5.41, 5.74) is 0.517. The molecule has 0 bridgehead atoms. The lowest BCUT2D eigenvalue weighted by molar-refractivity contribution is -0.131. The van der Waals surface area contributed by atoms with Crippen LogP contribution in [0.3, 0.4) is 0 Å². The number of ketones is 1. The van der Waals surface area contributed by atoms with Gasteiger partial charge in [-0.2, -0.15) is 0 Å². The second-order valence-electron chi connectivity index (χ2n) is 5.71. The van der Waals surface area contributed by atoms with Crippen LogP contribution >= 0.6 is 15.9 Å². The fourth-order valence-corrected chi connectivity index (χ4v) is 3.37. The van der Waals surface area contributed by atoms with Crippen molar-refractivity contribution in [2.24, 2.45) is 0 Å². The van der Waals surface area contributed by atoms with Crippen LogP contribution in [0.5, 0.6) is 5.75 Å². The summed E-state index contributed by atoms with van der Waals surface area (Å²) in [6.07, 6.45) is 2.51. The molecular formula is C17H23BrN2O3. The average Bonchev–Trinajstić information content (AvgIpc) is 3.01. The molecule has 5 nitrogen and oxygen atoms in total. The number of nitrogens with zero attached hydrogens (tertiary/aromatic N) is 1. The summed E-state index contributed by atoms with van der Waals surface area (Å²) in [5, 5.41) is 3.12. The van der Waals surface area contributed by atoms with Crippen LogP contribution in [-0.4, -0.2) is 49.9 Å². The van der Waals surface area contributed by atoms with Crippen LogP contribution < -0.4 is 10.1 Å². The molecule has 1 aromatic rings. The van der Waals surface area contributed by atoms with Crippen LogP contribution in [0.25, 0.3) is 0 Å². The molecule has 1 amide bonds. The van der Waals surface area contributed by atoms with Crippen LogP contribution in [0.2, 0.25) is 0 Å². The van der Waals surface area contributed by atoms with Crippen molar-refractivity contribution in [3.8, 4) is 5.75 Å². The lowest BCUT2D eigenvalue weighted by Gasteiger charge is -2.24. The molecule has 0 saturated carbocycles. The summed E-state index contributed by atoms with van der Waals surface area (Å²) in [5.74, 6) is 0.533. The highest BCUT2D eigenvalue weighted by Gasteiger charge is 2.28. The fraction of sp³-hybridized carbons (Fsp3) is 0.529. The molecule has 126 valence electrons. The maximum Gasteiger partial charge on any atom is 0.223 e. The van der Waals surface area contributed by atoms with E-state index < -0.39 is 0 Å². The summed E-state index contributed by atoms with van der Waals surface area (Å²) in [4.78, 5) is 26.7. The van der Waals surface area contributed by atoms with Crippen molar-refractivity contribution in [2.75, 3.05) is 27.2 Å². The summed E-state index contributed by atoms with van der Waals surface area (Å²) in [7, 11) is 3.43. The molecule has 2 rings (SSSR count). The van der Waals surface area contributed by atoms with E-state index in [1.54, 1.807) is 12.1 Å². The zero-order chi connectivity index (χ0) is 16.8. The van der Waals surface area contributed by atoms with E-state index in [2.05, 4.69) is 21.2 Å². The van der Waals surface area contributed by atoms with Gasteiger partial charge in [0.2, 0.25) is 5.91 Å². The predicted molar refractivity (Wildman–Crippen MR) is 92.9 cm³/mol. The van der Waals surface area contributed by atoms with Crippen molar-refractivity contribution in [3.05, 3.63) is 28.2 Å². The molecule has 1 heterocycles. The molecule has 1 aliphatic heterocycles. The number of halogens is 1. The molecule has 1 aromatic carbocycles. The maximum atomic E-state index is 12.4. The third kappa shape index (κ3) is 4.54. The molecule has 0 spiro atoms. The third-order valence-electron chi connectivity index (χ3n) is 4.17. The molecule has 1 aliphatic rings. The fourth-order valence-electron chi connectivity index (χ4n) is 3.01. The first-order chi connectivity index (χ1) is 11.1. The highest BCUT2D eigenvalue weighted by Crippen LogP contribution is 2.25. The van der Waals surface area contributed by atoms with Gasteiger partial charge in [-0.15, -0.1) is 0 Å². The summed E-state index contributed by atoms with van der Waals surface area (Å²) in [6.45, 7) is 1.60. The molecule has 1 fully saturated rings. The van der Waals surface area contributed by atoms with Gasteiger partial charge in [0.25, 0.3) is 0 Å². The zero-order valence-corrected chi connectivity index (χ0v) is 15.2. The van der Waals surface area contributed by atoms with Crippen molar-refractivity contribution < 1.29 is 14.3 Å². The molecule has 1 saturated heterocycles. The van der Waals surface area contributed by atoms with E-state index in [0.717, 1.165) is 30.4 Å². The largest absolute Gasteiger partial charge is 0.496 e. The van der Waals surface area contributed by atoms with Crippen molar-refractivity contribution in [1.82, 2.24) is 10.2 Å². The van der Waals surface area contributed by atoms with E-state index in [1.807, 2.05) is 18.0 Å². The number of Topliss-reactive ketones (excluding diaryl/α,β-unsaturated/α-hetero) is 1. The molecule has 1 unspecified atom stereocenters. The molecular weight excluding hydrogens is 360 g/mol. The number of likely N-dealkylation sites (tertiary alicyclic amines) is 1. The van der Waals surface area contributed by atoms with Gasteiger partial charge >= 0.3 is 0 Å². The normalized spacial score (nSPS) is 17.3. The Morgan fingerprint density at radius 1 is 1.39 bits per heavy atom. The van der Waals surface area contributed by atoms with Gasteiger partial charge in [-0.1, -0.05) is 15.9 Å². The predicted octanol–water partition coefficient (Wildman–Crippen LogP) is 2.63. The molecule has 0 aromatic heterocycles. The lowest BCUT2D eigenvalue weighted by Crippen LogP contribution is -2.40.